The maximum Gasteiger partial charge on any atom is 0.142 e. The van der Waals surface area contributed by atoms with E-state index >= 15 is 0 Å². The third-order valence-electron chi connectivity index (χ3n) is 3.48. The fourth-order valence-corrected chi connectivity index (χ4v) is 3.28. The molecule has 3 rings (SSSR count). The van der Waals surface area contributed by atoms with Gasteiger partial charge in [0.15, 0.2) is 0 Å². The van der Waals surface area contributed by atoms with Crippen molar-refractivity contribution in [3.8, 4) is 5.75 Å². The highest BCUT2D eigenvalue weighted by Crippen LogP contribution is 2.37. The van der Waals surface area contributed by atoms with Crippen LogP contribution in [0, 0.1) is 3.57 Å². The lowest BCUT2D eigenvalue weighted by Crippen LogP contribution is -2.13. The average molecular weight is 381 g/mol. The smallest absolute Gasteiger partial charge is 0.142 e. The number of rotatable bonds is 2. The van der Waals surface area contributed by atoms with Crippen molar-refractivity contribution < 1.29 is 4.74 Å². The van der Waals surface area contributed by atoms with Crippen molar-refractivity contribution in [2.24, 2.45) is 0 Å². The predicted octanol–water partition coefficient (Wildman–Crippen LogP) is 3.31. The Labute approximate surface area is 131 Å². The van der Waals surface area contributed by atoms with Crippen molar-refractivity contribution in [2.75, 3.05) is 12.3 Å². The van der Waals surface area contributed by atoms with Crippen molar-refractivity contribution in [1.82, 2.24) is 9.97 Å². The number of anilines is 1. The van der Waals surface area contributed by atoms with E-state index in [1.54, 1.807) is 0 Å². The van der Waals surface area contributed by atoms with Crippen LogP contribution in [0.2, 0.25) is 0 Å². The zero-order valence-electron chi connectivity index (χ0n) is 11.4. The summed E-state index contributed by atoms with van der Waals surface area (Å²) in [6, 6.07) is 8.04. The summed E-state index contributed by atoms with van der Waals surface area (Å²) in [6.07, 6.45) is 0. The third-order valence-corrected chi connectivity index (χ3v) is 4.58. The number of nitrogen functional groups attached to an aromatic ring is 1. The van der Waals surface area contributed by atoms with Gasteiger partial charge in [-0.2, -0.15) is 0 Å². The van der Waals surface area contributed by atoms with Gasteiger partial charge < -0.3 is 10.5 Å². The van der Waals surface area contributed by atoms with Gasteiger partial charge in [-0.1, -0.05) is 32.0 Å². The summed E-state index contributed by atoms with van der Waals surface area (Å²) in [5.41, 5.74) is 8.20. The molecule has 0 aliphatic carbocycles. The van der Waals surface area contributed by atoms with Gasteiger partial charge in [-0.15, -0.1) is 0 Å². The van der Waals surface area contributed by atoms with E-state index in [0.29, 0.717) is 18.3 Å². The lowest BCUT2D eigenvalue weighted by atomic mass is 10.00. The Morgan fingerprint density at radius 2 is 2.05 bits per heavy atom. The van der Waals surface area contributed by atoms with E-state index in [2.05, 4.69) is 47.5 Å². The van der Waals surface area contributed by atoms with Gasteiger partial charge in [0.05, 0.1) is 15.2 Å². The molecule has 0 bridgehead atoms. The topological polar surface area (TPSA) is 61.0 Å². The Kier molecular flexibility index (Phi) is 3.54. The van der Waals surface area contributed by atoms with Gasteiger partial charge in [0.2, 0.25) is 0 Å². The molecule has 0 amide bonds. The van der Waals surface area contributed by atoms with Crippen LogP contribution in [0.25, 0.3) is 0 Å². The Morgan fingerprint density at radius 1 is 1.30 bits per heavy atom. The molecule has 0 fully saturated rings. The molecule has 1 unspecified atom stereocenters. The van der Waals surface area contributed by atoms with Crippen LogP contribution < -0.4 is 10.5 Å². The van der Waals surface area contributed by atoms with Crippen molar-refractivity contribution in [2.45, 2.75) is 25.7 Å². The molecule has 0 spiro atoms. The van der Waals surface area contributed by atoms with Gasteiger partial charge in [0, 0.05) is 5.56 Å². The van der Waals surface area contributed by atoms with Crippen LogP contribution in [0.5, 0.6) is 5.75 Å². The van der Waals surface area contributed by atoms with Crippen LogP contribution in [0.3, 0.4) is 0 Å². The molecule has 1 aromatic carbocycles. The molecule has 2 N–H and O–H groups in total. The SMILES string of the molecule is CC(C)c1nc(C2COc3ccccc32)nc(N)c1I. The number of nitrogens with zero attached hydrogens (tertiary/aromatic N) is 2. The lowest BCUT2D eigenvalue weighted by molar-refractivity contribution is 0.339. The van der Waals surface area contributed by atoms with Gasteiger partial charge in [-0.3, -0.25) is 0 Å². The molecular formula is C15H16IN3O. The quantitative estimate of drug-likeness (QED) is 0.811. The Balaban J connectivity index is 2.08. The summed E-state index contributed by atoms with van der Waals surface area (Å²) in [5, 5.41) is 0. The van der Waals surface area contributed by atoms with E-state index in [4.69, 9.17) is 15.5 Å². The summed E-state index contributed by atoms with van der Waals surface area (Å²) >= 11 is 2.22. The molecule has 1 aliphatic rings. The van der Waals surface area contributed by atoms with E-state index < -0.39 is 0 Å². The molecular weight excluding hydrogens is 365 g/mol. The maximum absolute atomic E-state index is 6.05. The average Bonchev–Trinajstić information content (AvgIpc) is 2.85. The zero-order chi connectivity index (χ0) is 14.3. The Hall–Kier alpha value is -1.37. The number of halogens is 1. The fourth-order valence-electron chi connectivity index (χ4n) is 2.42. The third kappa shape index (κ3) is 2.24. The first-order valence-electron chi connectivity index (χ1n) is 6.62. The summed E-state index contributed by atoms with van der Waals surface area (Å²) in [7, 11) is 0. The van der Waals surface area contributed by atoms with Crippen molar-refractivity contribution >= 4 is 28.4 Å². The van der Waals surface area contributed by atoms with E-state index in [-0.39, 0.29) is 5.92 Å². The number of para-hydroxylation sites is 1. The van der Waals surface area contributed by atoms with E-state index in [9.17, 15) is 0 Å². The van der Waals surface area contributed by atoms with Gasteiger partial charge in [-0.05, 0) is 34.6 Å². The highest BCUT2D eigenvalue weighted by atomic mass is 127. The minimum atomic E-state index is 0.0722. The van der Waals surface area contributed by atoms with Crippen LogP contribution in [-0.2, 0) is 0 Å². The molecule has 0 radical (unpaired) electrons. The van der Waals surface area contributed by atoms with E-state index in [1.807, 2.05) is 18.2 Å². The molecule has 4 nitrogen and oxygen atoms in total. The van der Waals surface area contributed by atoms with Crippen LogP contribution in [0.4, 0.5) is 5.82 Å². The molecule has 104 valence electrons. The second-order valence-corrected chi connectivity index (χ2v) is 6.30. The lowest BCUT2D eigenvalue weighted by Gasteiger charge is -2.14. The fraction of sp³-hybridized carbons (Fsp3) is 0.333. The van der Waals surface area contributed by atoms with Crippen molar-refractivity contribution in [3.63, 3.8) is 0 Å². The number of benzene rings is 1. The van der Waals surface area contributed by atoms with Crippen molar-refractivity contribution in [3.05, 3.63) is 44.9 Å². The number of hydrogen-bond acceptors (Lipinski definition) is 4. The molecule has 5 heteroatoms. The molecule has 20 heavy (non-hydrogen) atoms. The zero-order valence-corrected chi connectivity index (χ0v) is 13.6. The molecule has 1 atom stereocenters. The standard InChI is InChI=1S/C15H16IN3O/c1-8(2)13-12(16)14(17)19-15(18-13)10-7-20-11-6-4-3-5-9(10)11/h3-6,8,10H,7H2,1-2H3,(H2,17,18,19). The maximum atomic E-state index is 6.05. The van der Waals surface area contributed by atoms with Gasteiger partial charge in [-0.25, -0.2) is 9.97 Å². The minimum absolute atomic E-state index is 0.0722. The molecule has 2 heterocycles. The Morgan fingerprint density at radius 3 is 2.80 bits per heavy atom. The molecule has 1 aromatic heterocycles. The summed E-state index contributed by atoms with van der Waals surface area (Å²) in [6.45, 7) is 4.82. The predicted molar refractivity (Wildman–Crippen MR) is 87.0 cm³/mol. The van der Waals surface area contributed by atoms with Gasteiger partial charge in [0.25, 0.3) is 0 Å². The summed E-state index contributed by atoms with van der Waals surface area (Å²) in [5.74, 6) is 2.64. The first-order valence-corrected chi connectivity index (χ1v) is 7.70. The van der Waals surface area contributed by atoms with Crippen LogP contribution >= 0.6 is 22.6 Å². The summed E-state index contributed by atoms with van der Waals surface area (Å²) < 4.78 is 6.67. The van der Waals surface area contributed by atoms with Gasteiger partial charge >= 0.3 is 0 Å². The highest BCUT2D eigenvalue weighted by molar-refractivity contribution is 14.1. The van der Waals surface area contributed by atoms with Crippen molar-refractivity contribution in [1.29, 1.82) is 0 Å². The first kappa shape index (κ1) is 13.6. The van der Waals surface area contributed by atoms with Gasteiger partial charge in [0.1, 0.15) is 24.0 Å². The number of nitrogens with two attached hydrogens (primary N) is 1. The Bertz CT molecular complexity index is 658. The largest absolute Gasteiger partial charge is 0.492 e. The molecule has 0 saturated heterocycles. The number of ether oxygens (including phenoxy) is 1. The van der Waals surface area contributed by atoms with Crippen LogP contribution in [0.1, 0.15) is 42.8 Å². The normalized spacial score (nSPS) is 17.1. The van der Waals surface area contributed by atoms with Crippen LogP contribution in [0.15, 0.2) is 24.3 Å². The molecule has 2 aromatic rings. The number of hydrogen-bond donors (Lipinski definition) is 1. The number of aromatic nitrogens is 2. The molecule has 0 saturated carbocycles. The first-order chi connectivity index (χ1) is 9.58. The monoisotopic (exact) mass is 381 g/mol. The second kappa shape index (κ2) is 5.20. The molecule has 1 aliphatic heterocycles. The van der Waals surface area contributed by atoms with E-state index in [1.165, 1.54) is 0 Å². The van der Waals surface area contributed by atoms with Crippen LogP contribution in [-0.4, -0.2) is 16.6 Å². The highest BCUT2D eigenvalue weighted by Gasteiger charge is 2.29. The van der Waals surface area contributed by atoms with E-state index in [0.717, 1.165) is 26.4 Å². The summed E-state index contributed by atoms with van der Waals surface area (Å²) in [4.78, 5) is 9.21. The minimum Gasteiger partial charge on any atom is -0.492 e. The number of fused-ring (bicyclic) bond motifs is 1. The second-order valence-electron chi connectivity index (χ2n) is 5.22.